The summed E-state index contributed by atoms with van der Waals surface area (Å²) in [5.41, 5.74) is 3.39. The van der Waals surface area contributed by atoms with Gasteiger partial charge < -0.3 is 18.9 Å². The van der Waals surface area contributed by atoms with Gasteiger partial charge in [0.15, 0.2) is 18.1 Å². The van der Waals surface area contributed by atoms with Crippen LogP contribution in [-0.4, -0.2) is 43.1 Å². The lowest BCUT2D eigenvalue weighted by Crippen LogP contribution is -2.31. The van der Waals surface area contributed by atoms with Crippen LogP contribution in [0.3, 0.4) is 0 Å². The molecule has 0 saturated carbocycles. The molecule has 0 radical (unpaired) electrons. The molecule has 1 amide bonds. The Morgan fingerprint density at radius 3 is 2.58 bits per heavy atom. The highest BCUT2D eigenvalue weighted by atomic mass is 16.7. The van der Waals surface area contributed by atoms with Crippen LogP contribution in [-0.2, 0) is 14.3 Å². The molecule has 8 nitrogen and oxygen atoms in total. The molecule has 0 fully saturated rings. The van der Waals surface area contributed by atoms with E-state index in [1.165, 1.54) is 11.1 Å². The smallest absolute Gasteiger partial charge is 0.331 e. The molecule has 1 atom stereocenters. The Kier molecular flexibility index (Phi) is 6.66. The summed E-state index contributed by atoms with van der Waals surface area (Å²) < 4.78 is 21.1. The molecular formula is C28H24N2O6. The number of rotatable bonds is 7. The fourth-order valence-electron chi connectivity index (χ4n) is 4.06. The number of hydrogen-bond acceptors (Lipinski definition) is 7. The first-order valence-corrected chi connectivity index (χ1v) is 11.4. The summed E-state index contributed by atoms with van der Waals surface area (Å²) in [4.78, 5) is 25.4. The first kappa shape index (κ1) is 23.2. The van der Waals surface area contributed by atoms with Gasteiger partial charge in [0, 0.05) is 12.5 Å². The minimum atomic E-state index is -0.631. The minimum Gasteiger partial charge on any atom is -0.497 e. The molecular weight excluding hydrogens is 460 g/mol. The zero-order chi connectivity index (χ0) is 24.9. The fourth-order valence-corrected chi connectivity index (χ4v) is 4.06. The maximum Gasteiger partial charge on any atom is 0.331 e. The van der Waals surface area contributed by atoms with Crippen molar-refractivity contribution in [2.45, 2.75) is 12.5 Å². The third kappa shape index (κ3) is 5.07. The van der Waals surface area contributed by atoms with Gasteiger partial charge in [0.1, 0.15) is 5.75 Å². The van der Waals surface area contributed by atoms with E-state index in [-0.39, 0.29) is 12.8 Å². The van der Waals surface area contributed by atoms with E-state index in [2.05, 4.69) is 5.10 Å². The summed E-state index contributed by atoms with van der Waals surface area (Å²) in [5, 5.41) is 6.00. The van der Waals surface area contributed by atoms with Crippen molar-refractivity contribution in [3.63, 3.8) is 0 Å². The second-order valence-electron chi connectivity index (χ2n) is 8.20. The van der Waals surface area contributed by atoms with Crippen LogP contribution in [0.5, 0.6) is 17.2 Å². The van der Waals surface area contributed by atoms with E-state index in [4.69, 9.17) is 18.9 Å². The van der Waals surface area contributed by atoms with Crippen LogP contribution in [0.4, 0.5) is 0 Å². The predicted octanol–water partition coefficient (Wildman–Crippen LogP) is 4.36. The van der Waals surface area contributed by atoms with Crippen molar-refractivity contribution >= 4 is 23.7 Å². The quantitative estimate of drug-likeness (QED) is 0.366. The lowest BCUT2D eigenvalue weighted by Gasteiger charge is -2.22. The Morgan fingerprint density at radius 1 is 1.03 bits per heavy atom. The summed E-state index contributed by atoms with van der Waals surface area (Å²) in [6.07, 6.45) is 3.41. The Balaban J connectivity index is 1.27. The van der Waals surface area contributed by atoms with Crippen LogP contribution in [0.25, 0.3) is 6.08 Å². The van der Waals surface area contributed by atoms with Crippen molar-refractivity contribution in [2.75, 3.05) is 20.5 Å². The maximum atomic E-state index is 13.1. The third-order valence-electron chi connectivity index (χ3n) is 5.92. The molecule has 0 saturated heterocycles. The molecule has 2 aliphatic rings. The van der Waals surface area contributed by atoms with E-state index < -0.39 is 18.5 Å². The number of benzene rings is 3. The molecule has 182 valence electrons. The molecule has 2 heterocycles. The maximum absolute atomic E-state index is 13.1. The zero-order valence-electron chi connectivity index (χ0n) is 19.6. The average Bonchev–Trinajstić information content (AvgIpc) is 3.58. The Bertz CT molecular complexity index is 1320. The number of amides is 1. The van der Waals surface area contributed by atoms with Crippen LogP contribution < -0.4 is 14.2 Å². The first-order chi connectivity index (χ1) is 17.6. The van der Waals surface area contributed by atoms with E-state index in [1.54, 1.807) is 31.4 Å². The number of hydrazone groups is 1. The van der Waals surface area contributed by atoms with Crippen molar-refractivity contribution in [1.82, 2.24) is 5.01 Å². The van der Waals surface area contributed by atoms with Gasteiger partial charge in [0.25, 0.3) is 5.91 Å². The third-order valence-corrected chi connectivity index (χ3v) is 5.92. The van der Waals surface area contributed by atoms with Gasteiger partial charge in [-0.25, -0.2) is 9.80 Å². The van der Waals surface area contributed by atoms with Gasteiger partial charge in [-0.3, -0.25) is 4.79 Å². The predicted molar refractivity (Wildman–Crippen MR) is 133 cm³/mol. The standard InChI is InChI=1S/C28H24N2O6/c1-33-22-11-9-21(10-12-22)24-16-23(20-5-3-2-4-6-20)29-30(24)27(31)17-34-28(32)14-8-19-7-13-25-26(15-19)36-18-35-25/h2-15,24H,16-18H2,1H3/b14-8+. The van der Waals surface area contributed by atoms with Crippen LogP contribution in [0.1, 0.15) is 29.2 Å². The van der Waals surface area contributed by atoms with E-state index in [9.17, 15) is 9.59 Å². The van der Waals surface area contributed by atoms with Crippen molar-refractivity contribution in [2.24, 2.45) is 5.10 Å². The molecule has 1 unspecified atom stereocenters. The molecule has 5 rings (SSSR count). The van der Waals surface area contributed by atoms with E-state index in [0.717, 1.165) is 28.2 Å². The monoisotopic (exact) mass is 484 g/mol. The van der Waals surface area contributed by atoms with Gasteiger partial charge in [-0.1, -0.05) is 48.5 Å². The Morgan fingerprint density at radius 2 is 1.81 bits per heavy atom. The summed E-state index contributed by atoms with van der Waals surface area (Å²) in [7, 11) is 1.60. The number of carbonyl (C=O) groups is 2. The molecule has 0 N–H and O–H groups in total. The van der Waals surface area contributed by atoms with Gasteiger partial charge in [-0.05, 0) is 47.0 Å². The number of fused-ring (bicyclic) bond motifs is 1. The van der Waals surface area contributed by atoms with Crippen molar-refractivity contribution in [3.8, 4) is 17.2 Å². The summed E-state index contributed by atoms with van der Waals surface area (Å²) in [6.45, 7) is -0.252. The number of methoxy groups -OCH3 is 1. The van der Waals surface area contributed by atoms with Gasteiger partial charge in [0.05, 0.1) is 18.9 Å². The second-order valence-corrected chi connectivity index (χ2v) is 8.20. The van der Waals surface area contributed by atoms with Gasteiger partial charge in [-0.15, -0.1) is 0 Å². The summed E-state index contributed by atoms with van der Waals surface area (Å²) in [6, 6.07) is 22.2. The van der Waals surface area contributed by atoms with Crippen molar-refractivity contribution in [1.29, 1.82) is 0 Å². The molecule has 3 aromatic rings. The summed E-state index contributed by atoms with van der Waals surface area (Å²) >= 11 is 0. The van der Waals surface area contributed by atoms with Crippen LogP contribution >= 0.6 is 0 Å². The topological polar surface area (TPSA) is 86.7 Å². The molecule has 2 aliphatic heterocycles. The average molecular weight is 485 g/mol. The molecule has 8 heteroatoms. The molecule has 3 aromatic carbocycles. The first-order valence-electron chi connectivity index (χ1n) is 11.4. The lowest BCUT2D eigenvalue weighted by molar-refractivity contribution is -0.149. The number of nitrogens with zero attached hydrogens (tertiary/aromatic N) is 2. The second kappa shape index (κ2) is 10.4. The highest BCUT2D eigenvalue weighted by Gasteiger charge is 2.33. The molecule has 0 bridgehead atoms. The number of ether oxygens (including phenoxy) is 4. The van der Waals surface area contributed by atoms with Crippen LogP contribution in [0, 0.1) is 0 Å². The zero-order valence-corrected chi connectivity index (χ0v) is 19.6. The van der Waals surface area contributed by atoms with Gasteiger partial charge in [-0.2, -0.15) is 5.10 Å². The van der Waals surface area contributed by atoms with Crippen molar-refractivity contribution in [3.05, 3.63) is 95.6 Å². The van der Waals surface area contributed by atoms with Crippen LogP contribution in [0.15, 0.2) is 84.0 Å². The summed E-state index contributed by atoms with van der Waals surface area (Å²) in [5.74, 6) is 0.959. The van der Waals surface area contributed by atoms with Gasteiger partial charge >= 0.3 is 5.97 Å². The largest absolute Gasteiger partial charge is 0.497 e. The highest BCUT2D eigenvalue weighted by molar-refractivity contribution is 6.03. The lowest BCUT2D eigenvalue weighted by atomic mass is 9.98. The molecule has 0 aromatic heterocycles. The normalized spacial score (nSPS) is 16.2. The molecule has 36 heavy (non-hydrogen) atoms. The van der Waals surface area contributed by atoms with Crippen LogP contribution in [0.2, 0.25) is 0 Å². The minimum absolute atomic E-state index is 0.176. The highest BCUT2D eigenvalue weighted by Crippen LogP contribution is 2.34. The number of esters is 1. The van der Waals surface area contributed by atoms with E-state index >= 15 is 0 Å². The number of carbonyl (C=O) groups excluding carboxylic acids is 2. The molecule has 0 spiro atoms. The Hall–Kier alpha value is -4.59. The molecule has 0 aliphatic carbocycles. The SMILES string of the molecule is COc1ccc(C2CC(c3ccccc3)=NN2C(=O)COC(=O)/C=C/c2ccc3c(c2)OCO3)cc1. The van der Waals surface area contributed by atoms with E-state index in [0.29, 0.717) is 17.9 Å². The Labute approximate surface area is 208 Å². The fraction of sp³-hybridized carbons (Fsp3) is 0.179. The number of hydrogen-bond donors (Lipinski definition) is 0. The van der Waals surface area contributed by atoms with E-state index in [1.807, 2.05) is 54.6 Å². The van der Waals surface area contributed by atoms with Gasteiger partial charge in [0.2, 0.25) is 6.79 Å². The van der Waals surface area contributed by atoms with Crippen molar-refractivity contribution < 1.29 is 28.5 Å².